The molecule has 0 saturated heterocycles. The van der Waals surface area contributed by atoms with E-state index < -0.39 is 0 Å². The van der Waals surface area contributed by atoms with Crippen molar-refractivity contribution in [2.75, 3.05) is 25.5 Å². The summed E-state index contributed by atoms with van der Waals surface area (Å²) in [5, 5.41) is 3.14. The highest BCUT2D eigenvalue weighted by Gasteiger charge is 2.23. The SMILES string of the molecule is CCNc1ncc(Br)cc1C(=O)N(C)CC1CCC1. The lowest BCUT2D eigenvalue weighted by atomic mass is 9.85. The van der Waals surface area contributed by atoms with Gasteiger partial charge in [0, 0.05) is 30.8 Å². The van der Waals surface area contributed by atoms with Crippen LogP contribution >= 0.6 is 15.9 Å². The standard InChI is InChI=1S/C14H20BrN3O/c1-3-16-13-12(7-11(15)8-17-13)14(19)18(2)9-10-5-4-6-10/h7-8,10H,3-6,9H2,1-2H3,(H,16,17). The van der Waals surface area contributed by atoms with Crippen molar-refractivity contribution in [2.24, 2.45) is 5.92 Å². The summed E-state index contributed by atoms with van der Waals surface area (Å²) >= 11 is 3.38. The number of amides is 1. The van der Waals surface area contributed by atoms with Gasteiger partial charge in [-0.05, 0) is 47.7 Å². The molecule has 0 aliphatic heterocycles. The maximum Gasteiger partial charge on any atom is 0.257 e. The number of anilines is 1. The van der Waals surface area contributed by atoms with Crippen molar-refractivity contribution in [2.45, 2.75) is 26.2 Å². The zero-order valence-corrected chi connectivity index (χ0v) is 13.0. The average molecular weight is 326 g/mol. The Bertz CT molecular complexity index is 460. The van der Waals surface area contributed by atoms with Crippen molar-refractivity contribution in [3.8, 4) is 0 Å². The summed E-state index contributed by atoms with van der Waals surface area (Å²) in [6.45, 7) is 3.59. The number of aromatic nitrogens is 1. The number of nitrogens with zero attached hydrogens (tertiary/aromatic N) is 2. The quantitative estimate of drug-likeness (QED) is 0.904. The topological polar surface area (TPSA) is 45.2 Å². The van der Waals surface area contributed by atoms with Gasteiger partial charge in [-0.2, -0.15) is 0 Å². The van der Waals surface area contributed by atoms with Crippen LogP contribution in [-0.2, 0) is 0 Å². The second-order valence-electron chi connectivity index (χ2n) is 5.06. The van der Waals surface area contributed by atoms with Gasteiger partial charge in [0.2, 0.25) is 0 Å². The van der Waals surface area contributed by atoms with Gasteiger partial charge in [0.05, 0.1) is 5.56 Å². The number of nitrogens with one attached hydrogen (secondary N) is 1. The van der Waals surface area contributed by atoms with Crippen molar-refractivity contribution < 1.29 is 4.79 Å². The number of rotatable bonds is 5. The van der Waals surface area contributed by atoms with Crippen LogP contribution in [0.4, 0.5) is 5.82 Å². The van der Waals surface area contributed by atoms with Gasteiger partial charge in [-0.25, -0.2) is 4.98 Å². The van der Waals surface area contributed by atoms with Crippen molar-refractivity contribution >= 4 is 27.7 Å². The normalized spacial score (nSPS) is 14.9. The number of halogens is 1. The molecule has 19 heavy (non-hydrogen) atoms. The number of pyridine rings is 1. The number of carbonyl (C=O) groups is 1. The fourth-order valence-corrected chi connectivity index (χ4v) is 2.59. The lowest BCUT2D eigenvalue weighted by Crippen LogP contribution is -2.34. The third kappa shape index (κ3) is 3.47. The molecule has 0 unspecified atom stereocenters. The molecule has 0 radical (unpaired) electrons. The predicted octanol–water partition coefficient (Wildman–Crippen LogP) is 3.15. The molecule has 0 aromatic carbocycles. The highest BCUT2D eigenvalue weighted by atomic mass is 79.9. The zero-order chi connectivity index (χ0) is 13.8. The lowest BCUT2D eigenvalue weighted by Gasteiger charge is -2.30. The molecule has 1 aromatic rings. The molecule has 1 aromatic heterocycles. The Morgan fingerprint density at radius 1 is 1.58 bits per heavy atom. The van der Waals surface area contributed by atoms with Crippen LogP contribution in [0.2, 0.25) is 0 Å². The molecular formula is C14H20BrN3O. The summed E-state index contributed by atoms with van der Waals surface area (Å²) in [7, 11) is 1.87. The van der Waals surface area contributed by atoms with Gasteiger partial charge in [0.15, 0.2) is 0 Å². The smallest absolute Gasteiger partial charge is 0.257 e. The molecule has 1 saturated carbocycles. The van der Waals surface area contributed by atoms with E-state index in [-0.39, 0.29) is 5.91 Å². The molecule has 0 spiro atoms. The summed E-state index contributed by atoms with van der Waals surface area (Å²) < 4.78 is 0.828. The van der Waals surface area contributed by atoms with Gasteiger partial charge in [-0.1, -0.05) is 6.42 Å². The highest BCUT2D eigenvalue weighted by Crippen LogP contribution is 2.27. The summed E-state index contributed by atoms with van der Waals surface area (Å²) in [5.74, 6) is 1.38. The Kier molecular flexibility index (Phi) is 4.80. The minimum atomic E-state index is 0.0386. The summed E-state index contributed by atoms with van der Waals surface area (Å²) in [6, 6.07) is 1.84. The first-order valence-electron chi connectivity index (χ1n) is 6.76. The van der Waals surface area contributed by atoms with Crippen LogP contribution in [0.1, 0.15) is 36.5 Å². The molecule has 1 fully saturated rings. The monoisotopic (exact) mass is 325 g/mol. The molecule has 4 nitrogen and oxygen atoms in total. The molecule has 0 atom stereocenters. The largest absolute Gasteiger partial charge is 0.370 e. The van der Waals surface area contributed by atoms with Crippen LogP contribution in [0.5, 0.6) is 0 Å². The van der Waals surface area contributed by atoms with Crippen LogP contribution in [0.25, 0.3) is 0 Å². The first-order valence-corrected chi connectivity index (χ1v) is 7.56. The van der Waals surface area contributed by atoms with E-state index in [1.165, 1.54) is 19.3 Å². The van der Waals surface area contributed by atoms with Crippen molar-refractivity contribution in [1.29, 1.82) is 0 Å². The van der Waals surface area contributed by atoms with Crippen LogP contribution in [0, 0.1) is 5.92 Å². The summed E-state index contributed by atoms with van der Waals surface area (Å²) in [6.07, 6.45) is 5.50. The number of hydrogen-bond acceptors (Lipinski definition) is 3. The molecular weight excluding hydrogens is 306 g/mol. The Morgan fingerprint density at radius 2 is 2.32 bits per heavy atom. The lowest BCUT2D eigenvalue weighted by molar-refractivity contribution is 0.0745. The van der Waals surface area contributed by atoms with E-state index in [1.54, 1.807) is 6.20 Å². The van der Waals surface area contributed by atoms with Gasteiger partial charge in [-0.3, -0.25) is 4.79 Å². The fraction of sp³-hybridized carbons (Fsp3) is 0.571. The third-order valence-corrected chi connectivity index (χ3v) is 3.97. The van der Waals surface area contributed by atoms with Crippen LogP contribution in [0.3, 0.4) is 0 Å². The number of carbonyl (C=O) groups excluding carboxylic acids is 1. The van der Waals surface area contributed by atoms with E-state index in [1.807, 2.05) is 24.9 Å². The molecule has 1 N–H and O–H groups in total. The van der Waals surface area contributed by atoms with E-state index in [0.29, 0.717) is 17.3 Å². The molecule has 5 heteroatoms. The van der Waals surface area contributed by atoms with E-state index in [0.717, 1.165) is 17.6 Å². The molecule has 1 aliphatic rings. The minimum Gasteiger partial charge on any atom is -0.370 e. The van der Waals surface area contributed by atoms with Crippen molar-refractivity contribution in [3.63, 3.8) is 0 Å². The minimum absolute atomic E-state index is 0.0386. The van der Waals surface area contributed by atoms with Crippen molar-refractivity contribution in [1.82, 2.24) is 9.88 Å². The van der Waals surface area contributed by atoms with Gasteiger partial charge >= 0.3 is 0 Å². The molecule has 2 rings (SSSR count). The van der Waals surface area contributed by atoms with E-state index in [2.05, 4.69) is 26.2 Å². The highest BCUT2D eigenvalue weighted by molar-refractivity contribution is 9.10. The summed E-state index contributed by atoms with van der Waals surface area (Å²) in [5.41, 5.74) is 0.637. The van der Waals surface area contributed by atoms with Gasteiger partial charge in [0.1, 0.15) is 5.82 Å². The average Bonchev–Trinajstić information content (AvgIpc) is 2.35. The van der Waals surface area contributed by atoms with Crippen LogP contribution in [0.15, 0.2) is 16.7 Å². The Balaban J connectivity index is 2.13. The second kappa shape index (κ2) is 6.37. The Morgan fingerprint density at radius 3 is 2.89 bits per heavy atom. The summed E-state index contributed by atoms with van der Waals surface area (Å²) in [4.78, 5) is 18.6. The maximum atomic E-state index is 12.5. The van der Waals surface area contributed by atoms with Crippen LogP contribution in [-0.4, -0.2) is 35.9 Å². The Labute approximate surface area is 122 Å². The zero-order valence-electron chi connectivity index (χ0n) is 11.4. The second-order valence-corrected chi connectivity index (χ2v) is 5.98. The van der Waals surface area contributed by atoms with E-state index in [9.17, 15) is 4.79 Å². The number of hydrogen-bond donors (Lipinski definition) is 1. The van der Waals surface area contributed by atoms with E-state index in [4.69, 9.17) is 0 Å². The first-order chi connectivity index (χ1) is 9.11. The molecule has 1 aliphatic carbocycles. The van der Waals surface area contributed by atoms with Gasteiger partial charge < -0.3 is 10.2 Å². The predicted molar refractivity (Wildman–Crippen MR) is 80.4 cm³/mol. The molecule has 1 amide bonds. The van der Waals surface area contributed by atoms with Crippen LogP contribution < -0.4 is 5.32 Å². The maximum absolute atomic E-state index is 12.5. The van der Waals surface area contributed by atoms with E-state index >= 15 is 0 Å². The third-order valence-electron chi connectivity index (χ3n) is 3.53. The molecule has 1 heterocycles. The molecule has 104 valence electrons. The fourth-order valence-electron chi connectivity index (χ4n) is 2.26. The van der Waals surface area contributed by atoms with Crippen molar-refractivity contribution in [3.05, 3.63) is 22.3 Å². The first kappa shape index (κ1) is 14.3. The molecule has 0 bridgehead atoms. The van der Waals surface area contributed by atoms with Gasteiger partial charge in [0.25, 0.3) is 5.91 Å². The van der Waals surface area contributed by atoms with Gasteiger partial charge in [-0.15, -0.1) is 0 Å². The Hall–Kier alpha value is -1.10.